The highest BCUT2D eigenvalue weighted by Crippen LogP contribution is 2.37. The molecule has 0 amide bonds. The smallest absolute Gasteiger partial charge is 0.164 e. The minimum Gasteiger partial charge on any atom is -0.263 e. The minimum absolute atomic E-state index is 0.598. The van der Waals surface area contributed by atoms with Crippen LogP contribution in [0.2, 0.25) is 0 Å². The fourth-order valence-corrected chi connectivity index (χ4v) is 8.89. The highest BCUT2D eigenvalue weighted by Gasteiger charge is 2.17. The van der Waals surface area contributed by atoms with Gasteiger partial charge in [0.15, 0.2) is 17.5 Å². The third-order valence-electron chi connectivity index (χ3n) is 12.2. The molecular formula is C59H37N5. The van der Waals surface area contributed by atoms with Crippen molar-refractivity contribution in [3.63, 3.8) is 0 Å². The van der Waals surface area contributed by atoms with Gasteiger partial charge in [-0.2, -0.15) is 0 Å². The van der Waals surface area contributed by atoms with Gasteiger partial charge in [-0.25, -0.2) is 15.0 Å². The fourth-order valence-electron chi connectivity index (χ4n) is 8.89. The molecule has 0 spiro atoms. The number of fused-ring (bicyclic) bond motifs is 4. The predicted octanol–water partition coefficient (Wildman–Crippen LogP) is 14.9. The van der Waals surface area contributed by atoms with Gasteiger partial charge in [0, 0.05) is 63.4 Å². The molecule has 0 aliphatic heterocycles. The van der Waals surface area contributed by atoms with Gasteiger partial charge >= 0.3 is 0 Å². The van der Waals surface area contributed by atoms with Crippen molar-refractivity contribution >= 4 is 43.1 Å². The van der Waals surface area contributed by atoms with Crippen molar-refractivity contribution in [3.05, 3.63) is 225 Å². The summed E-state index contributed by atoms with van der Waals surface area (Å²) in [4.78, 5) is 24.8. The van der Waals surface area contributed by atoms with E-state index in [1.54, 1.807) is 0 Å². The van der Waals surface area contributed by atoms with Gasteiger partial charge in [-0.3, -0.25) is 9.97 Å². The predicted molar refractivity (Wildman–Crippen MR) is 263 cm³/mol. The van der Waals surface area contributed by atoms with Crippen LogP contribution in [0.4, 0.5) is 0 Å². The zero-order valence-electron chi connectivity index (χ0n) is 34.6. The zero-order chi connectivity index (χ0) is 42.4. The van der Waals surface area contributed by atoms with Gasteiger partial charge in [-0.05, 0) is 96.0 Å². The summed E-state index contributed by atoms with van der Waals surface area (Å²) in [5.74, 6) is 1.83. The lowest BCUT2D eigenvalue weighted by atomic mass is 9.93. The first-order valence-corrected chi connectivity index (χ1v) is 21.4. The number of hydrogen-bond donors (Lipinski definition) is 0. The normalized spacial score (nSPS) is 11.4. The van der Waals surface area contributed by atoms with Crippen molar-refractivity contribution in [1.29, 1.82) is 0 Å². The van der Waals surface area contributed by atoms with Crippen molar-refractivity contribution in [2.24, 2.45) is 0 Å². The van der Waals surface area contributed by atoms with Crippen molar-refractivity contribution in [3.8, 4) is 78.7 Å². The highest BCUT2D eigenvalue weighted by atomic mass is 15.0. The third-order valence-corrected chi connectivity index (χ3v) is 12.2. The zero-order valence-corrected chi connectivity index (χ0v) is 34.6. The summed E-state index contributed by atoms with van der Waals surface area (Å²) >= 11 is 0. The summed E-state index contributed by atoms with van der Waals surface area (Å²) in [6, 6.07) is 70.6. The van der Waals surface area contributed by atoms with Crippen molar-refractivity contribution in [1.82, 2.24) is 24.9 Å². The summed E-state index contributed by atoms with van der Waals surface area (Å²) < 4.78 is 0. The molecule has 0 unspecified atom stereocenters. The lowest BCUT2D eigenvalue weighted by Gasteiger charge is -2.14. The lowest BCUT2D eigenvalue weighted by Crippen LogP contribution is -2.01. The van der Waals surface area contributed by atoms with E-state index >= 15 is 0 Å². The van der Waals surface area contributed by atoms with E-state index in [4.69, 9.17) is 15.0 Å². The number of rotatable bonds is 7. The van der Waals surface area contributed by atoms with Crippen LogP contribution in [0, 0.1) is 0 Å². The number of nitrogens with zero attached hydrogens (tertiary/aromatic N) is 5. The first kappa shape index (κ1) is 37.1. The SMILES string of the molecule is c1ccc2cc(-c3nc(-c4cc(-c5ccc(-c6cncc7ccccc67)cc5)cc(-c5ccc(-c6cncc7ccccc67)cc5)c4)nc(-c4ccc5ccccc5c4)n3)ccc2c1. The monoisotopic (exact) mass is 815 g/mol. The highest BCUT2D eigenvalue weighted by molar-refractivity contribution is 5.97. The molecule has 5 nitrogen and oxygen atoms in total. The molecule has 0 radical (unpaired) electrons. The first-order valence-electron chi connectivity index (χ1n) is 21.4. The summed E-state index contributed by atoms with van der Waals surface area (Å²) in [5.41, 5.74) is 11.4. The van der Waals surface area contributed by atoms with Crippen LogP contribution >= 0.6 is 0 Å². The number of benzene rings is 9. The van der Waals surface area contributed by atoms with Crippen molar-refractivity contribution < 1.29 is 0 Å². The molecule has 0 bridgehead atoms. The van der Waals surface area contributed by atoms with Crippen LogP contribution in [-0.2, 0) is 0 Å². The Kier molecular flexibility index (Phi) is 9.08. The Morgan fingerprint density at radius 3 is 1.02 bits per heavy atom. The number of pyridine rings is 2. The Morgan fingerprint density at radius 2 is 0.562 bits per heavy atom. The molecule has 12 aromatic rings. The quantitative estimate of drug-likeness (QED) is 0.160. The fraction of sp³-hybridized carbons (Fsp3) is 0. The van der Waals surface area contributed by atoms with E-state index in [-0.39, 0.29) is 0 Å². The first-order chi connectivity index (χ1) is 31.7. The second-order valence-corrected chi connectivity index (χ2v) is 16.2. The van der Waals surface area contributed by atoms with Gasteiger partial charge in [0.25, 0.3) is 0 Å². The van der Waals surface area contributed by atoms with Gasteiger partial charge < -0.3 is 0 Å². The Balaban J connectivity index is 1.02. The van der Waals surface area contributed by atoms with E-state index < -0.39 is 0 Å². The minimum atomic E-state index is 0.598. The van der Waals surface area contributed by atoms with Gasteiger partial charge in [0.05, 0.1) is 0 Å². The van der Waals surface area contributed by atoms with E-state index in [0.717, 1.165) is 93.5 Å². The second-order valence-electron chi connectivity index (χ2n) is 16.2. The molecule has 0 aliphatic carbocycles. The van der Waals surface area contributed by atoms with E-state index in [2.05, 4.69) is 210 Å². The number of aromatic nitrogens is 5. The van der Waals surface area contributed by atoms with Gasteiger partial charge in [0.2, 0.25) is 0 Å². The van der Waals surface area contributed by atoms with Gasteiger partial charge in [0.1, 0.15) is 0 Å². The Morgan fingerprint density at radius 1 is 0.219 bits per heavy atom. The average molecular weight is 816 g/mol. The molecule has 9 aromatic carbocycles. The molecule has 298 valence electrons. The maximum absolute atomic E-state index is 5.27. The molecule has 3 heterocycles. The van der Waals surface area contributed by atoms with Gasteiger partial charge in [-0.1, -0.05) is 170 Å². The molecule has 64 heavy (non-hydrogen) atoms. The summed E-state index contributed by atoms with van der Waals surface area (Å²) in [5, 5.41) is 9.18. The molecule has 0 N–H and O–H groups in total. The summed E-state index contributed by atoms with van der Waals surface area (Å²) in [6.45, 7) is 0. The van der Waals surface area contributed by atoms with Crippen LogP contribution in [-0.4, -0.2) is 24.9 Å². The lowest BCUT2D eigenvalue weighted by molar-refractivity contribution is 1.08. The molecule has 0 saturated carbocycles. The maximum Gasteiger partial charge on any atom is 0.164 e. The largest absolute Gasteiger partial charge is 0.263 e. The molecule has 12 rings (SSSR count). The Bertz CT molecular complexity index is 3480. The maximum atomic E-state index is 5.27. The Hall–Kier alpha value is -8.67. The molecular weight excluding hydrogens is 779 g/mol. The van der Waals surface area contributed by atoms with Crippen LogP contribution in [0.5, 0.6) is 0 Å². The molecule has 0 aliphatic rings. The molecule has 0 fully saturated rings. The molecule has 3 aromatic heterocycles. The second kappa shape index (κ2) is 15.7. The van der Waals surface area contributed by atoms with Crippen LogP contribution in [0.3, 0.4) is 0 Å². The van der Waals surface area contributed by atoms with E-state index in [1.165, 1.54) is 10.8 Å². The summed E-state index contributed by atoms with van der Waals surface area (Å²) in [6.07, 6.45) is 7.75. The van der Waals surface area contributed by atoms with Crippen LogP contribution < -0.4 is 0 Å². The van der Waals surface area contributed by atoms with Crippen molar-refractivity contribution in [2.45, 2.75) is 0 Å². The topological polar surface area (TPSA) is 64.5 Å². The van der Waals surface area contributed by atoms with Gasteiger partial charge in [-0.15, -0.1) is 0 Å². The molecule has 0 atom stereocenters. The van der Waals surface area contributed by atoms with E-state index in [9.17, 15) is 0 Å². The van der Waals surface area contributed by atoms with Crippen molar-refractivity contribution in [2.75, 3.05) is 0 Å². The van der Waals surface area contributed by atoms with E-state index in [0.29, 0.717) is 17.5 Å². The standard InChI is InChI=1S/C59H37N5/c1-3-11-44-29-46(27-21-38(44)9-1)57-62-58(47-28-22-39-10-2-4-12-45(39)30-47)64-59(63-57)52-32-50(40-17-23-42(24-18-40)55-36-60-34-48-13-5-7-15-53(48)55)31-51(33-52)41-19-25-43(26-20-41)56-37-61-35-49-14-6-8-16-54(49)56/h1-37H. The van der Waals surface area contributed by atoms with Crippen LogP contribution in [0.15, 0.2) is 225 Å². The third kappa shape index (κ3) is 6.91. The van der Waals surface area contributed by atoms with E-state index in [1.807, 2.05) is 24.8 Å². The average Bonchev–Trinajstić information content (AvgIpc) is 3.38. The molecule has 0 saturated heterocycles. The summed E-state index contributed by atoms with van der Waals surface area (Å²) in [7, 11) is 0. The number of hydrogen-bond acceptors (Lipinski definition) is 5. The molecule has 5 heteroatoms. The Labute approximate surface area is 370 Å². The van der Waals surface area contributed by atoms with Crippen LogP contribution in [0.1, 0.15) is 0 Å². The van der Waals surface area contributed by atoms with Crippen LogP contribution in [0.25, 0.3) is 122 Å².